The number of hydrogen-bond acceptors (Lipinski definition) is 4. The van der Waals surface area contributed by atoms with Gasteiger partial charge in [0.05, 0.1) is 0 Å². The van der Waals surface area contributed by atoms with Gasteiger partial charge in [-0.3, -0.25) is 0 Å². The van der Waals surface area contributed by atoms with Crippen molar-refractivity contribution in [3.8, 4) is 5.88 Å². The van der Waals surface area contributed by atoms with Gasteiger partial charge in [-0.25, -0.2) is 9.97 Å². The van der Waals surface area contributed by atoms with Gasteiger partial charge in [0.1, 0.15) is 11.4 Å². The Hall–Kier alpha value is -0.770. The lowest BCUT2D eigenvalue weighted by molar-refractivity contribution is 0.441. The summed E-state index contributed by atoms with van der Waals surface area (Å²) in [5.41, 5.74) is 0.907. The third-order valence-corrected chi connectivity index (χ3v) is 2.83. The summed E-state index contributed by atoms with van der Waals surface area (Å²) in [6, 6.07) is 0. The van der Waals surface area contributed by atoms with E-state index in [4.69, 9.17) is 0 Å². The highest BCUT2D eigenvalue weighted by Crippen LogP contribution is 2.37. The van der Waals surface area contributed by atoms with Gasteiger partial charge in [0.25, 0.3) is 0 Å². The molecule has 2 rings (SSSR count). The highest BCUT2D eigenvalue weighted by Gasteiger charge is 2.22. The van der Waals surface area contributed by atoms with Crippen molar-refractivity contribution in [1.82, 2.24) is 9.97 Å². The average Bonchev–Trinajstić information content (AvgIpc) is 2.31. The zero-order valence-corrected chi connectivity index (χ0v) is 6.93. The van der Waals surface area contributed by atoms with Crippen LogP contribution in [0.5, 0.6) is 5.88 Å². The van der Waals surface area contributed by atoms with E-state index in [1.807, 2.05) is 0 Å². The van der Waals surface area contributed by atoms with Crippen molar-refractivity contribution in [3.05, 3.63) is 11.9 Å². The molecule has 0 saturated carbocycles. The molecule has 0 fully saturated rings. The second kappa shape index (κ2) is 2.37. The Balaban J connectivity index is 2.49. The van der Waals surface area contributed by atoms with Crippen molar-refractivity contribution < 1.29 is 5.11 Å². The summed E-state index contributed by atoms with van der Waals surface area (Å²) in [4.78, 5) is 7.78. The van der Waals surface area contributed by atoms with Crippen LogP contribution in [-0.2, 0) is 6.42 Å². The number of fused-ring (bicyclic) bond motifs is 1. The summed E-state index contributed by atoms with van der Waals surface area (Å²) in [5, 5.41) is 10.7. The van der Waals surface area contributed by atoms with Gasteiger partial charge in [0.2, 0.25) is 5.88 Å². The molecule has 1 unspecified atom stereocenters. The minimum absolute atomic E-state index is 0.145. The van der Waals surface area contributed by atoms with E-state index in [1.165, 1.54) is 6.33 Å². The Labute approximate surface area is 68.9 Å². The smallest absolute Gasteiger partial charge is 0.218 e. The molecular weight excluding hydrogens is 160 g/mol. The van der Waals surface area contributed by atoms with Gasteiger partial charge in [-0.2, -0.15) is 0 Å². The fraction of sp³-hybridized carbons (Fsp3) is 0.429. The van der Waals surface area contributed by atoms with E-state index < -0.39 is 0 Å². The maximum absolute atomic E-state index is 9.28. The molecule has 1 aliphatic heterocycles. The molecule has 0 bridgehead atoms. The molecular formula is C7H8N2OS. The second-order valence-electron chi connectivity index (χ2n) is 2.61. The molecule has 3 nitrogen and oxygen atoms in total. The van der Waals surface area contributed by atoms with Gasteiger partial charge in [-0.05, 0) is 6.42 Å². The molecule has 4 heteroatoms. The lowest BCUT2D eigenvalue weighted by Gasteiger charge is -1.95. The van der Waals surface area contributed by atoms with E-state index in [0.29, 0.717) is 5.25 Å². The van der Waals surface area contributed by atoms with Crippen LogP contribution in [0, 0.1) is 0 Å². The summed E-state index contributed by atoms with van der Waals surface area (Å²) in [6.07, 6.45) is 2.28. The zero-order chi connectivity index (χ0) is 7.84. The fourth-order valence-electron chi connectivity index (χ4n) is 1.19. The van der Waals surface area contributed by atoms with Crippen LogP contribution >= 0.6 is 11.8 Å². The quantitative estimate of drug-likeness (QED) is 0.592. The van der Waals surface area contributed by atoms with E-state index in [0.717, 1.165) is 17.0 Å². The first-order chi connectivity index (χ1) is 5.27. The van der Waals surface area contributed by atoms with Crippen LogP contribution in [0.2, 0.25) is 0 Å². The molecule has 1 aromatic heterocycles. The molecule has 0 aromatic carbocycles. The molecule has 11 heavy (non-hydrogen) atoms. The zero-order valence-electron chi connectivity index (χ0n) is 6.11. The van der Waals surface area contributed by atoms with E-state index in [2.05, 4.69) is 16.9 Å². The summed E-state index contributed by atoms with van der Waals surface area (Å²) >= 11 is 1.69. The molecule has 1 atom stereocenters. The number of nitrogens with zero attached hydrogens (tertiary/aromatic N) is 2. The summed E-state index contributed by atoms with van der Waals surface area (Å²) in [5.74, 6) is 0.145. The largest absolute Gasteiger partial charge is 0.493 e. The average molecular weight is 168 g/mol. The van der Waals surface area contributed by atoms with Crippen LogP contribution in [0.25, 0.3) is 0 Å². The van der Waals surface area contributed by atoms with Crippen molar-refractivity contribution in [1.29, 1.82) is 0 Å². The predicted molar refractivity (Wildman–Crippen MR) is 42.7 cm³/mol. The molecule has 1 N–H and O–H groups in total. The number of rotatable bonds is 0. The van der Waals surface area contributed by atoms with E-state index in [9.17, 15) is 5.11 Å². The number of aromatic hydroxyl groups is 1. The first kappa shape index (κ1) is 6.91. The van der Waals surface area contributed by atoms with Gasteiger partial charge in [0.15, 0.2) is 0 Å². The standard InChI is InChI=1S/C7H8N2OS/c1-4-2-5-6(10)8-3-9-7(5)11-4/h3-4H,2H2,1H3,(H,8,9,10). The Morgan fingerprint density at radius 1 is 1.64 bits per heavy atom. The van der Waals surface area contributed by atoms with E-state index >= 15 is 0 Å². The van der Waals surface area contributed by atoms with Gasteiger partial charge < -0.3 is 5.11 Å². The van der Waals surface area contributed by atoms with Crippen molar-refractivity contribution in [3.63, 3.8) is 0 Å². The van der Waals surface area contributed by atoms with E-state index in [-0.39, 0.29) is 5.88 Å². The SMILES string of the molecule is CC1Cc2c(O)ncnc2S1. The monoisotopic (exact) mass is 168 g/mol. The van der Waals surface area contributed by atoms with Crippen LogP contribution in [0.4, 0.5) is 0 Å². The van der Waals surface area contributed by atoms with Gasteiger partial charge in [-0.1, -0.05) is 6.92 Å². The van der Waals surface area contributed by atoms with Crippen molar-refractivity contribution in [2.24, 2.45) is 0 Å². The second-order valence-corrected chi connectivity index (χ2v) is 4.04. The van der Waals surface area contributed by atoms with Gasteiger partial charge >= 0.3 is 0 Å². The van der Waals surface area contributed by atoms with Gasteiger partial charge in [0, 0.05) is 10.8 Å². The number of hydrogen-bond donors (Lipinski definition) is 1. The van der Waals surface area contributed by atoms with Crippen LogP contribution < -0.4 is 0 Å². The Kier molecular flexibility index (Phi) is 1.49. The van der Waals surface area contributed by atoms with Gasteiger partial charge in [-0.15, -0.1) is 11.8 Å². The highest BCUT2D eigenvalue weighted by molar-refractivity contribution is 8.00. The van der Waals surface area contributed by atoms with Crippen LogP contribution in [0.1, 0.15) is 12.5 Å². The third-order valence-electron chi connectivity index (χ3n) is 1.69. The lowest BCUT2D eigenvalue weighted by Crippen LogP contribution is -1.92. The summed E-state index contributed by atoms with van der Waals surface area (Å²) in [7, 11) is 0. The predicted octanol–water partition coefficient (Wildman–Crippen LogP) is 1.22. The Morgan fingerprint density at radius 3 is 3.18 bits per heavy atom. The lowest BCUT2D eigenvalue weighted by atomic mass is 10.2. The Bertz CT molecular complexity index is 290. The first-order valence-electron chi connectivity index (χ1n) is 3.47. The summed E-state index contributed by atoms with van der Waals surface area (Å²) < 4.78 is 0. The topological polar surface area (TPSA) is 46.0 Å². The molecule has 0 aliphatic carbocycles. The minimum atomic E-state index is 0.145. The highest BCUT2D eigenvalue weighted by atomic mass is 32.2. The molecule has 0 amide bonds. The van der Waals surface area contributed by atoms with Crippen molar-refractivity contribution in [2.45, 2.75) is 23.6 Å². The Morgan fingerprint density at radius 2 is 2.45 bits per heavy atom. The first-order valence-corrected chi connectivity index (χ1v) is 4.35. The maximum atomic E-state index is 9.28. The maximum Gasteiger partial charge on any atom is 0.218 e. The minimum Gasteiger partial charge on any atom is -0.493 e. The third kappa shape index (κ3) is 1.07. The molecule has 1 aliphatic rings. The molecule has 0 radical (unpaired) electrons. The van der Waals surface area contributed by atoms with Crippen molar-refractivity contribution in [2.75, 3.05) is 0 Å². The van der Waals surface area contributed by atoms with Crippen LogP contribution in [0.3, 0.4) is 0 Å². The van der Waals surface area contributed by atoms with E-state index in [1.54, 1.807) is 11.8 Å². The number of thioether (sulfide) groups is 1. The van der Waals surface area contributed by atoms with Crippen LogP contribution in [-0.4, -0.2) is 20.3 Å². The molecule has 58 valence electrons. The molecule has 1 aromatic rings. The normalized spacial score (nSPS) is 21.7. The fourth-order valence-corrected chi connectivity index (χ4v) is 2.24. The van der Waals surface area contributed by atoms with Crippen molar-refractivity contribution >= 4 is 11.8 Å². The molecule has 0 spiro atoms. The molecule has 0 saturated heterocycles. The van der Waals surface area contributed by atoms with Crippen LogP contribution in [0.15, 0.2) is 11.4 Å². The molecule has 2 heterocycles. The number of aromatic nitrogens is 2. The summed E-state index contributed by atoms with van der Waals surface area (Å²) in [6.45, 7) is 2.12.